The van der Waals surface area contributed by atoms with Crippen LogP contribution < -0.4 is 10.6 Å². The highest BCUT2D eigenvalue weighted by atomic mass is 16.6. The van der Waals surface area contributed by atoms with Gasteiger partial charge in [-0.05, 0) is 57.6 Å². The van der Waals surface area contributed by atoms with Gasteiger partial charge in [0.25, 0.3) is 0 Å². The van der Waals surface area contributed by atoms with Gasteiger partial charge in [-0.1, -0.05) is 57.0 Å². The van der Waals surface area contributed by atoms with Crippen molar-refractivity contribution in [3.63, 3.8) is 0 Å². The van der Waals surface area contributed by atoms with Gasteiger partial charge in [-0.3, -0.25) is 0 Å². The highest BCUT2D eigenvalue weighted by Crippen LogP contribution is 2.35. The number of nitrogens with zero attached hydrogens (tertiary/aromatic N) is 1. The van der Waals surface area contributed by atoms with Gasteiger partial charge >= 0.3 is 6.09 Å². The van der Waals surface area contributed by atoms with Gasteiger partial charge in [0.05, 0.1) is 18.2 Å². The average Bonchev–Trinajstić information content (AvgIpc) is 2.72. The lowest BCUT2D eigenvalue weighted by Crippen LogP contribution is -2.50. The van der Waals surface area contributed by atoms with Crippen molar-refractivity contribution in [1.82, 2.24) is 10.6 Å². The summed E-state index contributed by atoms with van der Waals surface area (Å²) in [6.07, 6.45) is 3.72. The second-order valence-corrected chi connectivity index (χ2v) is 9.33. The minimum atomic E-state index is -0.760. The normalized spacial score (nSPS) is 13.8. The van der Waals surface area contributed by atoms with E-state index < -0.39 is 23.8 Å². The van der Waals surface area contributed by atoms with E-state index >= 15 is 0 Å². The van der Waals surface area contributed by atoms with Crippen LogP contribution in [0.2, 0.25) is 0 Å². The Morgan fingerprint density at radius 2 is 1.81 bits per heavy atom. The summed E-state index contributed by atoms with van der Waals surface area (Å²) >= 11 is 0. The molecule has 1 aromatic carbocycles. The van der Waals surface area contributed by atoms with E-state index in [9.17, 15) is 9.90 Å². The van der Waals surface area contributed by atoms with Crippen LogP contribution in [0.1, 0.15) is 72.3 Å². The number of benzene rings is 1. The minimum Gasteiger partial charge on any atom is -0.444 e. The third-order valence-corrected chi connectivity index (χ3v) is 5.92. The summed E-state index contributed by atoms with van der Waals surface area (Å²) in [6.45, 7) is 10.9. The fourth-order valence-corrected chi connectivity index (χ4v) is 3.76. The number of rotatable bonds is 13. The first-order valence-corrected chi connectivity index (χ1v) is 11.4. The summed E-state index contributed by atoms with van der Waals surface area (Å²) in [5, 5.41) is 26.0. The van der Waals surface area contributed by atoms with Gasteiger partial charge in [-0.2, -0.15) is 5.26 Å². The fraction of sp³-hybridized carbons (Fsp3) is 0.680. The Kier molecular flexibility index (Phi) is 11.6. The van der Waals surface area contributed by atoms with Crippen molar-refractivity contribution >= 4 is 6.09 Å². The van der Waals surface area contributed by atoms with E-state index in [1.807, 2.05) is 51.1 Å². The van der Waals surface area contributed by atoms with E-state index in [0.29, 0.717) is 19.4 Å². The zero-order chi connectivity index (χ0) is 23.3. The van der Waals surface area contributed by atoms with E-state index in [1.54, 1.807) is 0 Å². The molecule has 0 aliphatic carbocycles. The summed E-state index contributed by atoms with van der Waals surface area (Å²) in [7, 11) is 0. The number of ether oxygens (including phenoxy) is 1. The zero-order valence-electron chi connectivity index (χ0n) is 19.9. The van der Waals surface area contributed by atoms with Gasteiger partial charge < -0.3 is 20.5 Å². The first kappa shape index (κ1) is 26.9. The fourth-order valence-electron chi connectivity index (χ4n) is 3.76. The van der Waals surface area contributed by atoms with Gasteiger partial charge in [0.2, 0.25) is 0 Å². The van der Waals surface area contributed by atoms with Gasteiger partial charge in [-0.25, -0.2) is 4.79 Å². The average molecular weight is 432 g/mol. The van der Waals surface area contributed by atoms with Crippen LogP contribution in [0.4, 0.5) is 4.79 Å². The van der Waals surface area contributed by atoms with Crippen molar-refractivity contribution in [2.75, 3.05) is 13.1 Å². The number of nitrogens with one attached hydrogen (secondary N) is 2. The summed E-state index contributed by atoms with van der Waals surface area (Å²) in [5.41, 5.74) is 0.596. The molecule has 31 heavy (non-hydrogen) atoms. The monoisotopic (exact) mass is 431 g/mol. The van der Waals surface area contributed by atoms with Crippen LogP contribution in [0.25, 0.3) is 0 Å². The SMILES string of the molecule is CCC(CC)(CCC#N)CCNC[C@@H](O)[C@H](Cc1ccccc1)NC(=O)OC(C)(C)C. The zero-order valence-corrected chi connectivity index (χ0v) is 19.9. The van der Waals surface area contributed by atoms with Gasteiger partial charge in [-0.15, -0.1) is 0 Å². The topological polar surface area (TPSA) is 94.4 Å². The number of alkyl carbamates (subject to hydrolysis) is 1. The molecule has 6 heteroatoms. The maximum absolute atomic E-state index is 12.3. The first-order valence-electron chi connectivity index (χ1n) is 11.4. The smallest absolute Gasteiger partial charge is 0.407 e. The Hall–Kier alpha value is -2.10. The van der Waals surface area contributed by atoms with Crippen LogP contribution in [0.15, 0.2) is 30.3 Å². The number of hydrogen-bond donors (Lipinski definition) is 3. The molecule has 6 nitrogen and oxygen atoms in total. The molecule has 0 aliphatic rings. The lowest BCUT2D eigenvalue weighted by Gasteiger charge is -2.32. The van der Waals surface area contributed by atoms with Gasteiger partial charge in [0.1, 0.15) is 5.60 Å². The van der Waals surface area contributed by atoms with Crippen molar-refractivity contribution in [1.29, 1.82) is 5.26 Å². The molecule has 0 aromatic heterocycles. The number of carbonyl (C=O) groups is 1. The summed E-state index contributed by atoms with van der Waals surface area (Å²) in [6, 6.07) is 11.6. The highest BCUT2D eigenvalue weighted by Gasteiger charge is 2.27. The number of aliphatic hydroxyl groups is 1. The molecule has 0 saturated carbocycles. The summed E-state index contributed by atoms with van der Waals surface area (Å²) in [5.74, 6) is 0. The molecular weight excluding hydrogens is 390 g/mol. The molecule has 0 bridgehead atoms. The molecule has 0 fully saturated rings. The van der Waals surface area contributed by atoms with E-state index in [0.717, 1.165) is 37.8 Å². The van der Waals surface area contributed by atoms with Crippen molar-refractivity contribution < 1.29 is 14.6 Å². The molecule has 1 amide bonds. The van der Waals surface area contributed by atoms with Crippen molar-refractivity contribution in [3.8, 4) is 6.07 Å². The number of amides is 1. The van der Waals surface area contributed by atoms with Crippen LogP contribution in [0.5, 0.6) is 0 Å². The number of carbonyl (C=O) groups excluding carboxylic acids is 1. The maximum Gasteiger partial charge on any atom is 0.407 e. The lowest BCUT2D eigenvalue weighted by molar-refractivity contribution is 0.0421. The number of hydrogen-bond acceptors (Lipinski definition) is 5. The molecule has 0 aliphatic heterocycles. The van der Waals surface area contributed by atoms with Crippen LogP contribution >= 0.6 is 0 Å². The first-order chi connectivity index (χ1) is 14.6. The maximum atomic E-state index is 12.3. The Bertz CT molecular complexity index is 675. The Labute approximate surface area is 188 Å². The molecule has 0 spiro atoms. The largest absolute Gasteiger partial charge is 0.444 e. The third kappa shape index (κ3) is 10.7. The van der Waals surface area contributed by atoms with Crippen LogP contribution in [0, 0.1) is 16.7 Å². The van der Waals surface area contributed by atoms with Gasteiger partial charge in [0.15, 0.2) is 0 Å². The predicted molar refractivity (Wildman–Crippen MR) is 125 cm³/mol. The molecule has 174 valence electrons. The van der Waals surface area contributed by atoms with Crippen molar-refractivity contribution in [2.45, 2.75) is 90.9 Å². The van der Waals surface area contributed by atoms with Crippen molar-refractivity contribution in [2.24, 2.45) is 5.41 Å². The minimum absolute atomic E-state index is 0.159. The standard InChI is InChI=1S/C25H41N3O3/c1-6-25(7-2,14-11-16-26)15-17-27-19-22(29)21(18-20-12-9-8-10-13-20)28-23(30)31-24(3,4)5/h8-10,12-13,21-22,27,29H,6-7,11,14-15,17-19H2,1-5H3,(H,28,30)/t21-,22+/m0/s1. The number of aliphatic hydroxyl groups excluding tert-OH is 1. The van der Waals surface area contributed by atoms with Crippen molar-refractivity contribution in [3.05, 3.63) is 35.9 Å². The molecule has 0 unspecified atom stereocenters. The van der Waals surface area contributed by atoms with E-state index in [1.165, 1.54) is 0 Å². The quantitative estimate of drug-likeness (QED) is 0.398. The second kappa shape index (κ2) is 13.3. The molecule has 0 heterocycles. The van der Waals surface area contributed by atoms with Gasteiger partial charge in [0, 0.05) is 13.0 Å². The molecule has 0 saturated heterocycles. The Morgan fingerprint density at radius 3 is 2.35 bits per heavy atom. The molecular formula is C25H41N3O3. The van der Waals surface area contributed by atoms with Crippen LogP contribution in [0.3, 0.4) is 0 Å². The van der Waals surface area contributed by atoms with E-state index in [-0.39, 0.29) is 5.41 Å². The summed E-state index contributed by atoms with van der Waals surface area (Å²) < 4.78 is 5.39. The number of nitriles is 1. The molecule has 3 N–H and O–H groups in total. The van der Waals surface area contributed by atoms with E-state index in [4.69, 9.17) is 10.00 Å². The summed E-state index contributed by atoms with van der Waals surface area (Å²) in [4.78, 5) is 12.3. The Balaban J connectivity index is 2.68. The predicted octanol–water partition coefficient (Wildman–Crippen LogP) is 4.57. The van der Waals surface area contributed by atoms with E-state index in [2.05, 4.69) is 30.6 Å². The molecule has 1 aromatic rings. The highest BCUT2D eigenvalue weighted by molar-refractivity contribution is 5.68. The molecule has 0 radical (unpaired) electrons. The molecule has 1 rings (SSSR count). The Morgan fingerprint density at radius 1 is 1.16 bits per heavy atom. The molecule has 2 atom stereocenters. The van der Waals surface area contributed by atoms with Crippen LogP contribution in [-0.4, -0.2) is 42.0 Å². The third-order valence-electron chi connectivity index (χ3n) is 5.92. The second-order valence-electron chi connectivity index (χ2n) is 9.33. The lowest BCUT2D eigenvalue weighted by atomic mass is 9.75. The van der Waals surface area contributed by atoms with Crippen LogP contribution in [-0.2, 0) is 11.2 Å².